The zero-order valence-electron chi connectivity index (χ0n) is 24.3. The third-order valence-electron chi connectivity index (χ3n) is 7.35. The van der Waals surface area contributed by atoms with Crippen LogP contribution in [-0.2, 0) is 50.1 Å². The molecule has 0 bridgehead atoms. The van der Waals surface area contributed by atoms with Crippen molar-refractivity contribution in [2.24, 2.45) is 0 Å². The summed E-state index contributed by atoms with van der Waals surface area (Å²) in [6.45, 7) is 1.79. The summed E-state index contributed by atoms with van der Waals surface area (Å²) in [6, 6.07) is 40.3. The van der Waals surface area contributed by atoms with Gasteiger partial charge in [0.2, 0.25) is 0 Å². The van der Waals surface area contributed by atoms with E-state index in [-0.39, 0.29) is 6.61 Å². The maximum atomic E-state index is 9.64. The highest BCUT2D eigenvalue weighted by molar-refractivity contribution is 5.17. The monoisotopic (exact) mass is 580 g/mol. The van der Waals surface area contributed by atoms with Gasteiger partial charge in [-0.25, -0.2) is 0 Å². The van der Waals surface area contributed by atoms with Crippen LogP contribution in [-0.4, -0.2) is 48.8 Å². The summed E-state index contributed by atoms with van der Waals surface area (Å²) < 4.78 is 32.8. The number of hydrogen-bond donors (Lipinski definition) is 1. The zero-order chi connectivity index (χ0) is 29.5. The number of aliphatic hydroxyl groups excluding tert-OH is 1. The zero-order valence-corrected chi connectivity index (χ0v) is 24.3. The van der Waals surface area contributed by atoms with Gasteiger partial charge in [-0.3, -0.25) is 0 Å². The topological polar surface area (TPSA) is 66.4 Å². The van der Waals surface area contributed by atoms with Gasteiger partial charge >= 0.3 is 0 Å². The summed E-state index contributed by atoms with van der Waals surface area (Å²) >= 11 is 0. The van der Waals surface area contributed by atoms with Gasteiger partial charge in [0, 0.05) is 0 Å². The Morgan fingerprint density at radius 1 is 0.535 bits per heavy atom. The third kappa shape index (κ3) is 9.43. The quantitative estimate of drug-likeness (QED) is 0.167. The molecule has 43 heavy (non-hydrogen) atoms. The Morgan fingerprint density at radius 3 is 1.42 bits per heavy atom. The second-order valence-electron chi connectivity index (χ2n) is 10.5. The first-order chi connectivity index (χ1) is 21.3. The van der Waals surface area contributed by atoms with Crippen molar-refractivity contribution >= 4 is 0 Å². The molecule has 1 aliphatic rings. The van der Waals surface area contributed by atoms with Crippen LogP contribution in [0.25, 0.3) is 0 Å². The van der Waals surface area contributed by atoms with Gasteiger partial charge in [-0.2, -0.15) is 0 Å². The van der Waals surface area contributed by atoms with Gasteiger partial charge in [-0.15, -0.1) is 0 Å². The molecule has 0 spiro atoms. The van der Waals surface area contributed by atoms with E-state index in [1.54, 1.807) is 6.08 Å². The highest BCUT2D eigenvalue weighted by atomic mass is 16.6. The van der Waals surface area contributed by atoms with E-state index in [0.29, 0.717) is 33.0 Å². The number of ether oxygens (including phenoxy) is 5. The maximum Gasteiger partial charge on any atom is 0.116 e. The fraction of sp³-hybridized carbons (Fsp3) is 0.297. The number of aliphatic hydroxyl groups is 1. The van der Waals surface area contributed by atoms with Crippen LogP contribution in [0.3, 0.4) is 0 Å². The molecule has 4 aromatic rings. The molecule has 1 aliphatic heterocycles. The largest absolute Gasteiger partial charge is 0.392 e. The lowest BCUT2D eigenvalue weighted by Gasteiger charge is -2.45. The molecule has 4 aromatic carbocycles. The molecule has 6 heteroatoms. The van der Waals surface area contributed by atoms with Gasteiger partial charge in [0.15, 0.2) is 0 Å². The van der Waals surface area contributed by atoms with Crippen LogP contribution < -0.4 is 0 Å². The highest BCUT2D eigenvalue weighted by Gasteiger charge is 2.47. The Labute approximate surface area is 254 Å². The van der Waals surface area contributed by atoms with Gasteiger partial charge in [0.1, 0.15) is 30.5 Å². The third-order valence-corrected chi connectivity index (χ3v) is 7.35. The summed E-state index contributed by atoms with van der Waals surface area (Å²) in [7, 11) is 0. The molecule has 0 radical (unpaired) electrons. The molecule has 224 valence electrons. The summed E-state index contributed by atoms with van der Waals surface area (Å²) in [5.74, 6) is 0. The SMILES string of the molecule is OC/C=C\[C@@H]1O[C@H](COCc2ccccc2)[C@H](OCc2ccccc2)[C@H](OCc2ccccc2)[C@H]1OCc1ccccc1. The predicted octanol–water partition coefficient (Wildman–Crippen LogP) is 6.28. The molecule has 1 heterocycles. The van der Waals surface area contributed by atoms with Gasteiger partial charge in [-0.05, 0) is 22.3 Å². The summed E-state index contributed by atoms with van der Waals surface area (Å²) in [6.07, 6.45) is 1.13. The first-order valence-corrected chi connectivity index (χ1v) is 14.8. The molecule has 0 unspecified atom stereocenters. The van der Waals surface area contributed by atoms with E-state index in [1.807, 2.05) is 127 Å². The molecule has 0 aromatic heterocycles. The van der Waals surface area contributed by atoms with Crippen LogP contribution in [0.5, 0.6) is 0 Å². The molecule has 1 saturated heterocycles. The summed E-state index contributed by atoms with van der Waals surface area (Å²) in [5, 5.41) is 9.64. The van der Waals surface area contributed by atoms with Gasteiger partial charge in [0.05, 0.1) is 39.6 Å². The lowest BCUT2D eigenvalue weighted by molar-refractivity contribution is -0.263. The van der Waals surface area contributed by atoms with Crippen LogP contribution in [0, 0.1) is 0 Å². The molecule has 1 N–H and O–H groups in total. The summed E-state index contributed by atoms with van der Waals surface area (Å²) in [5.41, 5.74) is 4.23. The highest BCUT2D eigenvalue weighted by Crippen LogP contribution is 2.31. The van der Waals surface area contributed by atoms with Crippen molar-refractivity contribution in [3.05, 3.63) is 156 Å². The molecular formula is C37H40O6. The van der Waals surface area contributed by atoms with E-state index in [9.17, 15) is 5.11 Å². The van der Waals surface area contributed by atoms with Crippen LogP contribution >= 0.6 is 0 Å². The standard InChI is InChI=1S/C37H40O6/c38-23-13-22-33-35(40-25-30-16-7-2-8-17-30)37(42-27-32-20-11-4-12-21-32)36(41-26-31-18-9-3-10-19-31)34(43-33)28-39-24-29-14-5-1-6-15-29/h1-22,33-38H,23-28H2/b22-13-/t33-,34+,35-,36-,37+/m0/s1. The van der Waals surface area contributed by atoms with Crippen molar-refractivity contribution in [2.45, 2.75) is 56.9 Å². The molecule has 5 atom stereocenters. The Bertz CT molecular complexity index is 1330. The fourth-order valence-corrected chi connectivity index (χ4v) is 5.17. The van der Waals surface area contributed by atoms with Crippen molar-refractivity contribution in [1.82, 2.24) is 0 Å². The maximum absolute atomic E-state index is 9.64. The average Bonchev–Trinajstić information content (AvgIpc) is 3.07. The minimum Gasteiger partial charge on any atom is -0.392 e. The minimum atomic E-state index is -0.502. The van der Waals surface area contributed by atoms with Crippen LogP contribution in [0.1, 0.15) is 22.3 Å². The van der Waals surface area contributed by atoms with Crippen LogP contribution in [0.2, 0.25) is 0 Å². The van der Waals surface area contributed by atoms with Crippen LogP contribution in [0.4, 0.5) is 0 Å². The molecular weight excluding hydrogens is 540 g/mol. The molecule has 6 nitrogen and oxygen atoms in total. The Balaban J connectivity index is 1.42. The van der Waals surface area contributed by atoms with Crippen LogP contribution in [0.15, 0.2) is 133 Å². The van der Waals surface area contributed by atoms with E-state index >= 15 is 0 Å². The Kier molecular flexibility index (Phi) is 12.1. The molecule has 1 fully saturated rings. The fourth-order valence-electron chi connectivity index (χ4n) is 5.17. The van der Waals surface area contributed by atoms with Crippen molar-refractivity contribution < 1.29 is 28.8 Å². The molecule has 5 rings (SSSR count). The lowest BCUT2D eigenvalue weighted by Crippen LogP contribution is -2.60. The van der Waals surface area contributed by atoms with Crippen molar-refractivity contribution in [1.29, 1.82) is 0 Å². The van der Waals surface area contributed by atoms with E-state index in [1.165, 1.54) is 0 Å². The average molecular weight is 581 g/mol. The van der Waals surface area contributed by atoms with E-state index in [0.717, 1.165) is 22.3 Å². The van der Waals surface area contributed by atoms with Crippen molar-refractivity contribution in [2.75, 3.05) is 13.2 Å². The summed E-state index contributed by atoms with van der Waals surface area (Å²) in [4.78, 5) is 0. The number of hydrogen-bond acceptors (Lipinski definition) is 6. The smallest absolute Gasteiger partial charge is 0.116 e. The minimum absolute atomic E-state index is 0.107. The van der Waals surface area contributed by atoms with Crippen molar-refractivity contribution in [3.63, 3.8) is 0 Å². The normalized spacial score (nSPS) is 22.1. The molecule has 0 amide bonds. The predicted molar refractivity (Wildman–Crippen MR) is 166 cm³/mol. The second kappa shape index (κ2) is 16.9. The van der Waals surface area contributed by atoms with E-state index in [2.05, 4.69) is 0 Å². The Hall–Kier alpha value is -3.62. The lowest BCUT2D eigenvalue weighted by atomic mass is 9.93. The molecule has 0 saturated carbocycles. The second-order valence-corrected chi connectivity index (χ2v) is 10.5. The van der Waals surface area contributed by atoms with Crippen molar-refractivity contribution in [3.8, 4) is 0 Å². The Morgan fingerprint density at radius 2 is 0.953 bits per heavy atom. The number of benzene rings is 4. The first-order valence-electron chi connectivity index (χ1n) is 14.8. The van der Waals surface area contributed by atoms with E-state index in [4.69, 9.17) is 23.7 Å². The van der Waals surface area contributed by atoms with Gasteiger partial charge < -0.3 is 28.8 Å². The van der Waals surface area contributed by atoms with Gasteiger partial charge in [-0.1, -0.05) is 133 Å². The number of rotatable bonds is 15. The molecule has 0 aliphatic carbocycles. The van der Waals surface area contributed by atoms with E-state index < -0.39 is 30.5 Å². The first kappa shape index (κ1) is 30.8. The van der Waals surface area contributed by atoms with Gasteiger partial charge in [0.25, 0.3) is 0 Å².